The predicted octanol–water partition coefficient (Wildman–Crippen LogP) is 2.51. The molecule has 1 saturated heterocycles. The van der Waals surface area contributed by atoms with Crippen molar-refractivity contribution in [1.82, 2.24) is 19.9 Å². The Kier molecular flexibility index (Phi) is 3.40. The highest BCUT2D eigenvalue weighted by Crippen LogP contribution is 2.27. The summed E-state index contributed by atoms with van der Waals surface area (Å²) < 4.78 is 5.39. The molecule has 0 radical (unpaired) electrons. The highest BCUT2D eigenvalue weighted by atomic mass is 35.5. The van der Waals surface area contributed by atoms with Crippen molar-refractivity contribution in [3.8, 4) is 11.3 Å². The van der Waals surface area contributed by atoms with Gasteiger partial charge in [0.1, 0.15) is 5.52 Å². The number of nitrogens with one attached hydrogen (secondary N) is 1. The first-order valence-electron chi connectivity index (χ1n) is 7.11. The molecule has 0 amide bonds. The van der Waals surface area contributed by atoms with Crippen molar-refractivity contribution in [3.05, 3.63) is 35.9 Å². The van der Waals surface area contributed by atoms with Crippen LogP contribution in [0.15, 0.2) is 30.6 Å². The summed E-state index contributed by atoms with van der Waals surface area (Å²) in [6.07, 6.45) is 3.71. The van der Waals surface area contributed by atoms with E-state index in [2.05, 4.69) is 24.8 Å². The van der Waals surface area contributed by atoms with Crippen LogP contribution in [0.2, 0.25) is 5.28 Å². The van der Waals surface area contributed by atoms with Gasteiger partial charge in [0.15, 0.2) is 5.82 Å². The minimum atomic E-state index is 0.236. The number of hydrogen-bond donors (Lipinski definition) is 1. The summed E-state index contributed by atoms with van der Waals surface area (Å²) in [6.45, 7) is 2.93. The number of hydrogen-bond acceptors (Lipinski definition) is 5. The zero-order valence-electron chi connectivity index (χ0n) is 11.8. The molecule has 4 rings (SSSR count). The minimum Gasteiger partial charge on any atom is -0.378 e. The van der Waals surface area contributed by atoms with Crippen LogP contribution in [-0.4, -0.2) is 46.2 Å². The number of H-pyrrole nitrogens is 1. The Balaban J connectivity index is 1.84. The fourth-order valence-corrected chi connectivity index (χ4v) is 2.80. The van der Waals surface area contributed by atoms with Crippen molar-refractivity contribution in [2.75, 3.05) is 31.2 Å². The van der Waals surface area contributed by atoms with Crippen LogP contribution in [0.25, 0.3) is 22.3 Å². The summed E-state index contributed by atoms with van der Waals surface area (Å²) in [6, 6.07) is 5.92. The highest BCUT2D eigenvalue weighted by molar-refractivity contribution is 6.28. The maximum absolute atomic E-state index is 6.10. The van der Waals surface area contributed by atoms with Crippen LogP contribution in [0.1, 0.15) is 0 Å². The maximum Gasteiger partial charge on any atom is 0.225 e. The van der Waals surface area contributed by atoms with Gasteiger partial charge in [-0.25, -0.2) is 9.97 Å². The average Bonchev–Trinajstić information content (AvgIpc) is 3.09. The molecule has 1 aliphatic heterocycles. The monoisotopic (exact) mass is 315 g/mol. The number of fused-ring (bicyclic) bond motifs is 1. The molecule has 0 aliphatic carbocycles. The number of morpholine rings is 1. The van der Waals surface area contributed by atoms with Gasteiger partial charge in [0.05, 0.1) is 18.7 Å². The maximum atomic E-state index is 6.10. The van der Waals surface area contributed by atoms with Gasteiger partial charge in [-0.05, 0) is 29.8 Å². The van der Waals surface area contributed by atoms with Crippen molar-refractivity contribution in [2.24, 2.45) is 0 Å². The van der Waals surface area contributed by atoms with Gasteiger partial charge in [-0.1, -0.05) is 0 Å². The Bertz CT molecular complexity index is 799. The topological polar surface area (TPSA) is 66.9 Å². The van der Waals surface area contributed by atoms with Crippen molar-refractivity contribution in [2.45, 2.75) is 0 Å². The van der Waals surface area contributed by atoms with Gasteiger partial charge in [0, 0.05) is 36.7 Å². The molecular formula is C15H14ClN5O. The molecule has 0 spiro atoms. The molecule has 0 atom stereocenters. The molecule has 3 aromatic heterocycles. The Morgan fingerprint density at radius 3 is 2.86 bits per heavy atom. The fourth-order valence-electron chi connectivity index (χ4n) is 2.63. The Morgan fingerprint density at radius 2 is 2.09 bits per heavy atom. The van der Waals surface area contributed by atoms with Crippen LogP contribution in [0.3, 0.4) is 0 Å². The SMILES string of the molecule is Clc1nc(N2CCOCC2)c2ncc(-c3ccc[nH]3)cc2n1. The lowest BCUT2D eigenvalue weighted by atomic mass is 10.2. The third kappa shape index (κ3) is 2.40. The van der Waals surface area contributed by atoms with E-state index in [1.807, 2.05) is 30.6 Å². The second-order valence-corrected chi connectivity index (χ2v) is 5.43. The molecule has 3 aromatic rings. The molecular weight excluding hydrogens is 302 g/mol. The first-order chi connectivity index (χ1) is 10.8. The first kappa shape index (κ1) is 13.5. The van der Waals surface area contributed by atoms with Gasteiger partial charge in [0.25, 0.3) is 0 Å². The van der Waals surface area contributed by atoms with Crippen LogP contribution < -0.4 is 4.90 Å². The van der Waals surface area contributed by atoms with Crippen LogP contribution in [-0.2, 0) is 4.74 Å². The number of aromatic nitrogens is 4. The second kappa shape index (κ2) is 5.55. The molecule has 112 valence electrons. The summed E-state index contributed by atoms with van der Waals surface area (Å²) in [5.74, 6) is 0.774. The number of ether oxygens (including phenoxy) is 1. The number of aromatic amines is 1. The van der Waals surface area contributed by atoms with E-state index in [0.29, 0.717) is 13.2 Å². The van der Waals surface area contributed by atoms with E-state index in [4.69, 9.17) is 16.3 Å². The van der Waals surface area contributed by atoms with Crippen molar-refractivity contribution in [3.63, 3.8) is 0 Å². The summed E-state index contributed by atoms with van der Waals surface area (Å²) in [4.78, 5) is 18.6. The lowest BCUT2D eigenvalue weighted by Gasteiger charge is -2.28. The summed E-state index contributed by atoms with van der Waals surface area (Å²) in [5, 5.41) is 0.236. The molecule has 1 N–H and O–H groups in total. The van der Waals surface area contributed by atoms with Gasteiger partial charge < -0.3 is 14.6 Å². The van der Waals surface area contributed by atoms with Crippen LogP contribution in [0.4, 0.5) is 5.82 Å². The predicted molar refractivity (Wildman–Crippen MR) is 85.2 cm³/mol. The largest absolute Gasteiger partial charge is 0.378 e. The van der Waals surface area contributed by atoms with Gasteiger partial charge in [-0.3, -0.25) is 0 Å². The standard InChI is InChI=1S/C15H14ClN5O/c16-15-19-12-8-10(11-2-1-3-17-11)9-18-13(12)14(20-15)21-4-6-22-7-5-21/h1-3,8-9,17H,4-7H2. The first-order valence-corrected chi connectivity index (χ1v) is 7.49. The third-order valence-electron chi connectivity index (χ3n) is 3.71. The van der Waals surface area contributed by atoms with E-state index < -0.39 is 0 Å². The van der Waals surface area contributed by atoms with Crippen LogP contribution >= 0.6 is 11.6 Å². The van der Waals surface area contributed by atoms with Crippen molar-refractivity contribution >= 4 is 28.5 Å². The zero-order chi connectivity index (χ0) is 14.9. The lowest BCUT2D eigenvalue weighted by molar-refractivity contribution is 0.122. The number of rotatable bonds is 2. The van der Waals surface area contributed by atoms with E-state index >= 15 is 0 Å². The Hall–Kier alpha value is -2.18. The number of anilines is 1. The van der Waals surface area contributed by atoms with Gasteiger partial charge in [0.2, 0.25) is 5.28 Å². The minimum absolute atomic E-state index is 0.236. The van der Waals surface area contributed by atoms with Gasteiger partial charge in [-0.15, -0.1) is 0 Å². The summed E-state index contributed by atoms with van der Waals surface area (Å²) in [5.41, 5.74) is 3.48. The third-order valence-corrected chi connectivity index (χ3v) is 3.88. The number of nitrogens with zero attached hydrogens (tertiary/aromatic N) is 4. The van der Waals surface area contributed by atoms with E-state index in [1.54, 1.807) is 0 Å². The smallest absolute Gasteiger partial charge is 0.225 e. The second-order valence-electron chi connectivity index (χ2n) is 5.09. The molecule has 0 saturated carbocycles. The molecule has 6 nitrogen and oxygen atoms in total. The zero-order valence-corrected chi connectivity index (χ0v) is 12.5. The number of pyridine rings is 1. The van der Waals surface area contributed by atoms with E-state index in [1.165, 1.54) is 0 Å². The van der Waals surface area contributed by atoms with E-state index in [-0.39, 0.29) is 5.28 Å². The fraction of sp³-hybridized carbons (Fsp3) is 0.267. The normalized spacial score (nSPS) is 15.4. The molecule has 4 heterocycles. The quantitative estimate of drug-likeness (QED) is 0.736. The van der Waals surface area contributed by atoms with Crippen molar-refractivity contribution < 1.29 is 4.74 Å². The molecule has 7 heteroatoms. The molecule has 1 fully saturated rings. The van der Waals surface area contributed by atoms with E-state index in [0.717, 1.165) is 41.2 Å². The van der Waals surface area contributed by atoms with Gasteiger partial charge in [-0.2, -0.15) is 4.98 Å². The molecule has 0 bridgehead atoms. The number of halogens is 1. The average molecular weight is 316 g/mol. The van der Waals surface area contributed by atoms with Crippen LogP contribution in [0.5, 0.6) is 0 Å². The van der Waals surface area contributed by atoms with Crippen LogP contribution in [0, 0.1) is 0 Å². The molecule has 0 aromatic carbocycles. The summed E-state index contributed by atoms with van der Waals surface area (Å²) >= 11 is 6.10. The highest BCUT2D eigenvalue weighted by Gasteiger charge is 2.18. The molecule has 22 heavy (non-hydrogen) atoms. The van der Waals surface area contributed by atoms with Crippen molar-refractivity contribution in [1.29, 1.82) is 0 Å². The van der Waals surface area contributed by atoms with E-state index in [9.17, 15) is 0 Å². The summed E-state index contributed by atoms with van der Waals surface area (Å²) in [7, 11) is 0. The molecule has 0 unspecified atom stereocenters. The Morgan fingerprint density at radius 1 is 1.23 bits per heavy atom. The van der Waals surface area contributed by atoms with Gasteiger partial charge >= 0.3 is 0 Å². The molecule has 1 aliphatic rings. The lowest BCUT2D eigenvalue weighted by Crippen LogP contribution is -2.37. The Labute approximate surface area is 132 Å².